The summed E-state index contributed by atoms with van der Waals surface area (Å²) in [6.07, 6.45) is 2.57. The molecule has 6 heteroatoms. The Kier molecular flexibility index (Phi) is 4.06. The van der Waals surface area contributed by atoms with E-state index >= 15 is 0 Å². The van der Waals surface area contributed by atoms with Crippen LogP contribution in [0.2, 0.25) is 5.15 Å². The van der Waals surface area contributed by atoms with E-state index < -0.39 is 5.60 Å². The van der Waals surface area contributed by atoms with Crippen LogP contribution >= 0.6 is 11.6 Å². The fraction of sp³-hybridized carbons (Fsp3) is 0.412. The van der Waals surface area contributed by atoms with Gasteiger partial charge in [0.15, 0.2) is 0 Å². The Labute approximate surface area is 140 Å². The first-order chi connectivity index (χ1) is 10.8. The second-order valence-electron chi connectivity index (χ2n) is 6.65. The summed E-state index contributed by atoms with van der Waals surface area (Å²) in [4.78, 5) is 21.9. The number of carbonyl (C=O) groups excluding carboxylic acids is 1. The molecule has 23 heavy (non-hydrogen) atoms. The van der Waals surface area contributed by atoms with Crippen molar-refractivity contribution in [2.45, 2.75) is 39.3 Å². The highest BCUT2D eigenvalue weighted by Gasteiger charge is 2.26. The number of esters is 1. The Morgan fingerprint density at radius 2 is 2.13 bits per heavy atom. The first kappa shape index (κ1) is 15.9. The second-order valence-corrected chi connectivity index (χ2v) is 7.04. The van der Waals surface area contributed by atoms with E-state index in [1.54, 1.807) is 12.3 Å². The van der Waals surface area contributed by atoms with Gasteiger partial charge in [-0.05, 0) is 38.5 Å². The fourth-order valence-electron chi connectivity index (χ4n) is 2.71. The summed E-state index contributed by atoms with van der Waals surface area (Å²) in [7, 11) is 0. The molecule has 0 spiro atoms. The lowest BCUT2D eigenvalue weighted by molar-refractivity contribution is 0.00643. The molecule has 5 nitrogen and oxygen atoms in total. The average molecular weight is 334 g/mol. The van der Waals surface area contributed by atoms with E-state index in [9.17, 15) is 4.79 Å². The van der Waals surface area contributed by atoms with Crippen molar-refractivity contribution in [2.75, 3.05) is 11.4 Å². The van der Waals surface area contributed by atoms with Gasteiger partial charge in [-0.3, -0.25) is 0 Å². The third-order valence-electron chi connectivity index (χ3n) is 3.68. The van der Waals surface area contributed by atoms with Gasteiger partial charge in [-0.1, -0.05) is 17.7 Å². The number of carbonyl (C=O) groups is 1. The summed E-state index contributed by atoms with van der Waals surface area (Å²) < 4.78 is 5.47. The maximum absolute atomic E-state index is 12.4. The molecule has 0 aliphatic carbocycles. The number of hydrogen-bond acceptors (Lipinski definition) is 4. The number of ether oxygens (including phenoxy) is 1. The van der Waals surface area contributed by atoms with Gasteiger partial charge in [0.2, 0.25) is 0 Å². The molecule has 0 unspecified atom stereocenters. The van der Waals surface area contributed by atoms with Crippen LogP contribution in [0.15, 0.2) is 24.4 Å². The number of H-pyrrole nitrogens is 1. The first-order valence-corrected chi connectivity index (χ1v) is 8.01. The fourth-order valence-corrected chi connectivity index (χ4v) is 2.88. The van der Waals surface area contributed by atoms with Crippen molar-refractivity contribution in [3.8, 4) is 0 Å². The van der Waals surface area contributed by atoms with Crippen molar-refractivity contribution in [2.24, 2.45) is 0 Å². The zero-order chi connectivity index (χ0) is 16.6. The first-order valence-electron chi connectivity index (χ1n) is 7.63. The van der Waals surface area contributed by atoms with Crippen molar-refractivity contribution in [1.82, 2.24) is 9.97 Å². The molecule has 0 saturated carbocycles. The van der Waals surface area contributed by atoms with Crippen molar-refractivity contribution >= 4 is 23.3 Å². The van der Waals surface area contributed by atoms with Gasteiger partial charge in [0.1, 0.15) is 16.4 Å². The lowest BCUT2D eigenvalue weighted by atomic mass is 10.1. The Morgan fingerprint density at radius 3 is 2.87 bits per heavy atom. The summed E-state index contributed by atoms with van der Waals surface area (Å²) >= 11 is 5.95. The van der Waals surface area contributed by atoms with Gasteiger partial charge >= 0.3 is 5.97 Å². The Bertz CT molecular complexity index is 734. The van der Waals surface area contributed by atoms with Gasteiger partial charge in [-0.2, -0.15) is 0 Å². The summed E-state index contributed by atoms with van der Waals surface area (Å²) in [6.45, 7) is 7.07. The molecule has 0 fully saturated rings. The van der Waals surface area contributed by atoms with Crippen LogP contribution < -0.4 is 4.90 Å². The van der Waals surface area contributed by atoms with Crippen LogP contribution in [0.4, 0.5) is 5.69 Å². The number of halogens is 1. The van der Waals surface area contributed by atoms with Gasteiger partial charge in [-0.15, -0.1) is 0 Å². The molecule has 0 radical (unpaired) electrons. The van der Waals surface area contributed by atoms with Crippen molar-refractivity contribution in [3.63, 3.8) is 0 Å². The zero-order valence-electron chi connectivity index (χ0n) is 13.5. The molecule has 1 aliphatic rings. The van der Waals surface area contributed by atoms with Crippen molar-refractivity contribution in [1.29, 1.82) is 0 Å². The molecule has 0 saturated heterocycles. The standard InChI is InChI=1S/C17H20ClN3O2/c1-17(2,3)23-16(22)15-13(6-8-19-15)21-9-7-12-11(10-21)4-5-14(18)20-12/h4-6,8,19H,7,9-10H2,1-3H3. The van der Waals surface area contributed by atoms with Crippen LogP contribution in [0.1, 0.15) is 42.5 Å². The molecule has 0 bridgehead atoms. The number of pyridine rings is 1. The SMILES string of the molecule is CC(C)(C)OC(=O)c1[nH]ccc1N1CCc2nc(Cl)ccc2C1. The molecule has 2 aromatic rings. The van der Waals surface area contributed by atoms with Gasteiger partial charge in [0.25, 0.3) is 0 Å². The minimum absolute atomic E-state index is 0.336. The maximum Gasteiger partial charge on any atom is 0.357 e. The van der Waals surface area contributed by atoms with Crippen LogP contribution in [0.3, 0.4) is 0 Å². The summed E-state index contributed by atoms with van der Waals surface area (Å²) in [5.74, 6) is -0.336. The molecular weight excluding hydrogens is 314 g/mol. The molecule has 3 heterocycles. The van der Waals surface area contributed by atoms with E-state index in [2.05, 4.69) is 14.9 Å². The molecule has 122 valence electrons. The molecule has 0 atom stereocenters. The minimum Gasteiger partial charge on any atom is -0.455 e. The van der Waals surface area contributed by atoms with Gasteiger partial charge in [0.05, 0.1) is 5.69 Å². The number of anilines is 1. The Balaban J connectivity index is 1.83. The molecule has 0 aromatic carbocycles. The van der Waals surface area contributed by atoms with Crippen LogP contribution in [0.25, 0.3) is 0 Å². The third kappa shape index (κ3) is 3.50. The van der Waals surface area contributed by atoms with Crippen LogP contribution in [0.5, 0.6) is 0 Å². The number of rotatable bonds is 2. The quantitative estimate of drug-likeness (QED) is 0.674. The van der Waals surface area contributed by atoms with Crippen molar-refractivity contribution in [3.05, 3.63) is 46.5 Å². The van der Waals surface area contributed by atoms with E-state index in [0.29, 0.717) is 17.4 Å². The van der Waals surface area contributed by atoms with Gasteiger partial charge < -0.3 is 14.6 Å². The van der Waals surface area contributed by atoms with E-state index in [1.807, 2.05) is 32.9 Å². The Morgan fingerprint density at radius 1 is 1.35 bits per heavy atom. The lowest BCUT2D eigenvalue weighted by Crippen LogP contribution is -2.32. The minimum atomic E-state index is -0.519. The highest BCUT2D eigenvalue weighted by atomic mass is 35.5. The van der Waals surface area contributed by atoms with Crippen molar-refractivity contribution < 1.29 is 9.53 Å². The third-order valence-corrected chi connectivity index (χ3v) is 3.89. The molecular formula is C17H20ClN3O2. The highest BCUT2D eigenvalue weighted by molar-refractivity contribution is 6.29. The zero-order valence-corrected chi connectivity index (χ0v) is 14.3. The average Bonchev–Trinajstić information content (AvgIpc) is 2.94. The number of aromatic amines is 1. The van der Waals surface area contributed by atoms with Crippen LogP contribution in [-0.2, 0) is 17.7 Å². The molecule has 2 aromatic heterocycles. The predicted octanol–water partition coefficient (Wildman–Crippen LogP) is 3.58. The molecule has 1 N–H and O–H groups in total. The second kappa shape index (κ2) is 5.89. The van der Waals surface area contributed by atoms with Gasteiger partial charge in [0, 0.05) is 31.4 Å². The number of hydrogen-bond donors (Lipinski definition) is 1. The van der Waals surface area contributed by atoms with E-state index in [1.165, 1.54) is 0 Å². The predicted molar refractivity (Wildman–Crippen MR) is 90.0 cm³/mol. The topological polar surface area (TPSA) is 58.2 Å². The summed E-state index contributed by atoms with van der Waals surface area (Å²) in [5.41, 5.74) is 3.00. The Hall–Kier alpha value is -2.01. The normalized spacial score (nSPS) is 14.5. The number of nitrogens with one attached hydrogen (secondary N) is 1. The maximum atomic E-state index is 12.4. The van der Waals surface area contributed by atoms with E-state index in [-0.39, 0.29) is 5.97 Å². The van der Waals surface area contributed by atoms with Crippen LogP contribution in [-0.4, -0.2) is 28.1 Å². The lowest BCUT2D eigenvalue weighted by Gasteiger charge is -2.30. The number of nitrogens with zero attached hydrogens (tertiary/aromatic N) is 2. The highest BCUT2D eigenvalue weighted by Crippen LogP contribution is 2.28. The molecule has 0 amide bonds. The van der Waals surface area contributed by atoms with E-state index in [4.69, 9.17) is 16.3 Å². The summed E-state index contributed by atoms with van der Waals surface area (Å²) in [5, 5.41) is 0.522. The smallest absolute Gasteiger partial charge is 0.357 e. The number of aromatic nitrogens is 2. The molecule has 1 aliphatic heterocycles. The van der Waals surface area contributed by atoms with E-state index in [0.717, 1.165) is 29.9 Å². The monoisotopic (exact) mass is 333 g/mol. The largest absolute Gasteiger partial charge is 0.455 e. The molecule has 3 rings (SSSR count). The summed E-state index contributed by atoms with van der Waals surface area (Å²) in [6, 6.07) is 5.71. The van der Waals surface area contributed by atoms with Gasteiger partial charge in [-0.25, -0.2) is 9.78 Å². The number of fused-ring (bicyclic) bond motifs is 1. The van der Waals surface area contributed by atoms with Crippen LogP contribution in [0, 0.1) is 0 Å².